The van der Waals surface area contributed by atoms with Gasteiger partial charge in [-0.25, -0.2) is 4.98 Å². The van der Waals surface area contributed by atoms with Gasteiger partial charge in [0.15, 0.2) is 0 Å². The second-order valence-corrected chi connectivity index (χ2v) is 5.13. The molecule has 1 heterocycles. The van der Waals surface area contributed by atoms with E-state index in [1.54, 1.807) is 7.11 Å². The Morgan fingerprint density at radius 3 is 2.57 bits per heavy atom. The molecule has 0 aliphatic heterocycles. The minimum absolute atomic E-state index is 0.381. The van der Waals surface area contributed by atoms with Gasteiger partial charge in [-0.3, -0.25) is 0 Å². The summed E-state index contributed by atoms with van der Waals surface area (Å²) in [5.41, 5.74) is 2.26. The molecule has 0 fully saturated rings. The van der Waals surface area contributed by atoms with E-state index in [0.29, 0.717) is 38.2 Å². The number of ether oxygens (including phenoxy) is 3. The van der Waals surface area contributed by atoms with Crippen molar-refractivity contribution in [1.82, 2.24) is 10.3 Å². The molecule has 0 spiro atoms. The molecule has 5 nitrogen and oxygen atoms in total. The van der Waals surface area contributed by atoms with Gasteiger partial charge in [-0.15, -0.1) is 0 Å². The van der Waals surface area contributed by atoms with E-state index < -0.39 is 0 Å². The molecule has 0 saturated heterocycles. The Kier molecular flexibility index (Phi) is 8.98. The van der Waals surface area contributed by atoms with Crippen LogP contribution in [0.2, 0.25) is 0 Å². The summed E-state index contributed by atoms with van der Waals surface area (Å²) < 4.78 is 16.0. The van der Waals surface area contributed by atoms with Gasteiger partial charge < -0.3 is 19.5 Å². The maximum atomic E-state index is 5.69. The number of hydrogen-bond donors (Lipinski definition) is 1. The molecule has 1 rings (SSSR count). The zero-order chi connectivity index (χ0) is 15.5. The summed E-state index contributed by atoms with van der Waals surface area (Å²) in [5.74, 6) is 1.05. The predicted molar refractivity (Wildman–Crippen MR) is 83.9 cm³/mol. The zero-order valence-electron chi connectivity index (χ0n) is 13.6. The molecule has 5 heteroatoms. The summed E-state index contributed by atoms with van der Waals surface area (Å²) in [6.07, 6.45) is 0. The van der Waals surface area contributed by atoms with Gasteiger partial charge in [-0.1, -0.05) is 20.8 Å². The van der Waals surface area contributed by atoms with Gasteiger partial charge in [0.05, 0.1) is 19.8 Å². The molecule has 120 valence electrons. The monoisotopic (exact) mass is 296 g/mol. The highest BCUT2D eigenvalue weighted by molar-refractivity contribution is 5.26. The predicted octanol–water partition coefficient (Wildman–Crippen LogP) is 2.36. The van der Waals surface area contributed by atoms with Crippen LogP contribution in [0.3, 0.4) is 0 Å². The lowest BCUT2D eigenvalue weighted by atomic mass is 10.1. The molecule has 1 aromatic heterocycles. The standard InChI is InChI=1S/C16H28N2O3/c1-5-17-12-14-10-15(13(2)3)18-16(11-14)21-9-8-20-7-6-19-4/h10-11,13,17H,5-9,12H2,1-4H3. The number of aromatic nitrogens is 1. The Morgan fingerprint density at radius 2 is 1.90 bits per heavy atom. The molecule has 0 aliphatic carbocycles. The molecule has 0 radical (unpaired) electrons. The van der Waals surface area contributed by atoms with Crippen LogP contribution in [0, 0.1) is 0 Å². The summed E-state index contributed by atoms with van der Waals surface area (Å²) in [5, 5.41) is 3.33. The average molecular weight is 296 g/mol. The van der Waals surface area contributed by atoms with E-state index in [1.165, 1.54) is 5.56 Å². The fourth-order valence-corrected chi connectivity index (χ4v) is 1.77. The minimum atomic E-state index is 0.381. The van der Waals surface area contributed by atoms with E-state index in [1.807, 2.05) is 6.07 Å². The van der Waals surface area contributed by atoms with Crippen LogP contribution >= 0.6 is 0 Å². The molecule has 21 heavy (non-hydrogen) atoms. The van der Waals surface area contributed by atoms with Crippen molar-refractivity contribution < 1.29 is 14.2 Å². The molecule has 0 unspecified atom stereocenters. The summed E-state index contributed by atoms with van der Waals surface area (Å²) in [4.78, 5) is 4.54. The van der Waals surface area contributed by atoms with E-state index in [-0.39, 0.29) is 0 Å². The van der Waals surface area contributed by atoms with E-state index >= 15 is 0 Å². The van der Waals surface area contributed by atoms with Crippen LogP contribution in [0.5, 0.6) is 5.88 Å². The van der Waals surface area contributed by atoms with Crippen LogP contribution in [0.4, 0.5) is 0 Å². The van der Waals surface area contributed by atoms with E-state index in [4.69, 9.17) is 14.2 Å². The molecule has 1 aromatic rings. The summed E-state index contributed by atoms with van der Waals surface area (Å²) in [6, 6.07) is 4.12. The zero-order valence-corrected chi connectivity index (χ0v) is 13.6. The van der Waals surface area contributed by atoms with Gasteiger partial charge in [-0.05, 0) is 24.1 Å². The van der Waals surface area contributed by atoms with Crippen molar-refractivity contribution in [2.75, 3.05) is 40.1 Å². The van der Waals surface area contributed by atoms with E-state index in [9.17, 15) is 0 Å². The molecule has 0 aromatic carbocycles. The third-order valence-corrected chi connectivity index (χ3v) is 2.96. The van der Waals surface area contributed by atoms with Gasteiger partial charge in [0.1, 0.15) is 6.61 Å². The van der Waals surface area contributed by atoms with Crippen LogP contribution in [-0.4, -0.2) is 45.1 Å². The highest BCUT2D eigenvalue weighted by Gasteiger charge is 2.07. The average Bonchev–Trinajstić information content (AvgIpc) is 2.48. The first-order valence-corrected chi connectivity index (χ1v) is 7.58. The van der Waals surface area contributed by atoms with E-state index in [2.05, 4.69) is 37.1 Å². The topological polar surface area (TPSA) is 52.6 Å². The Labute approximate surface area is 128 Å². The smallest absolute Gasteiger partial charge is 0.213 e. The normalized spacial score (nSPS) is 11.1. The second kappa shape index (κ2) is 10.5. The first-order chi connectivity index (χ1) is 10.2. The Morgan fingerprint density at radius 1 is 1.14 bits per heavy atom. The molecule has 0 aliphatic rings. The van der Waals surface area contributed by atoms with E-state index in [0.717, 1.165) is 18.8 Å². The van der Waals surface area contributed by atoms with Gasteiger partial charge in [0, 0.05) is 25.4 Å². The van der Waals surface area contributed by atoms with Crippen molar-refractivity contribution in [3.05, 3.63) is 23.4 Å². The number of hydrogen-bond acceptors (Lipinski definition) is 5. The molecule has 0 amide bonds. The third-order valence-electron chi connectivity index (χ3n) is 2.96. The fourth-order valence-electron chi connectivity index (χ4n) is 1.77. The maximum absolute atomic E-state index is 5.69. The van der Waals surface area contributed by atoms with Gasteiger partial charge >= 0.3 is 0 Å². The Bertz CT molecular complexity index is 397. The Balaban J connectivity index is 2.52. The second-order valence-electron chi connectivity index (χ2n) is 5.13. The van der Waals surface area contributed by atoms with Gasteiger partial charge in [0.25, 0.3) is 0 Å². The number of methoxy groups -OCH3 is 1. The molecule has 1 N–H and O–H groups in total. The third kappa shape index (κ3) is 7.41. The van der Waals surface area contributed by atoms with Crippen molar-refractivity contribution in [1.29, 1.82) is 0 Å². The summed E-state index contributed by atoms with van der Waals surface area (Å²) in [7, 11) is 1.66. The van der Waals surface area contributed by atoms with Crippen LogP contribution in [0.25, 0.3) is 0 Å². The minimum Gasteiger partial charge on any atom is -0.475 e. The number of nitrogens with zero attached hydrogens (tertiary/aromatic N) is 1. The molecule has 0 bridgehead atoms. The largest absolute Gasteiger partial charge is 0.475 e. The first-order valence-electron chi connectivity index (χ1n) is 7.58. The lowest BCUT2D eigenvalue weighted by Crippen LogP contribution is -2.14. The number of nitrogens with one attached hydrogen (secondary N) is 1. The van der Waals surface area contributed by atoms with Gasteiger partial charge in [-0.2, -0.15) is 0 Å². The molecule has 0 saturated carbocycles. The van der Waals surface area contributed by atoms with Crippen molar-refractivity contribution in [2.45, 2.75) is 33.2 Å². The number of rotatable bonds is 11. The van der Waals surface area contributed by atoms with Crippen LogP contribution in [0.15, 0.2) is 12.1 Å². The van der Waals surface area contributed by atoms with Crippen molar-refractivity contribution in [3.63, 3.8) is 0 Å². The highest BCUT2D eigenvalue weighted by atomic mass is 16.5. The van der Waals surface area contributed by atoms with Crippen molar-refractivity contribution >= 4 is 0 Å². The lowest BCUT2D eigenvalue weighted by molar-refractivity contribution is 0.0536. The first kappa shape index (κ1) is 17.9. The van der Waals surface area contributed by atoms with Crippen LogP contribution < -0.4 is 10.1 Å². The van der Waals surface area contributed by atoms with Crippen molar-refractivity contribution in [2.24, 2.45) is 0 Å². The highest BCUT2D eigenvalue weighted by Crippen LogP contribution is 2.19. The SMILES string of the molecule is CCNCc1cc(OCCOCCOC)nc(C(C)C)c1. The number of pyridine rings is 1. The molecular formula is C16H28N2O3. The maximum Gasteiger partial charge on any atom is 0.213 e. The Hall–Kier alpha value is -1.17. The quantitative estimate of drug-likeness (QED) is 0.635. The molecular weight excluding hydrogens is 268 g/mol. The summed E-state index contributed by atoms with van der Waals surface area (Å²) >= 11 is 0. The van der Waals surface area contributed by atoms with Crippen LogP contribution in [0.1, 0.15) is 37.9 Å². The fraction of sp³-hybridized carbons (Fsp3) is 0.688. The molecule has 0 atom stereocenters. The summed E-state index contributed by atoms with van der Waals surface area (Å²) in [6.45, 7) is 10.4. The van der Waals surface area contributed by atoms with Crippen molar-refractivity contribution in [3.8, 4) is 5.88 Å². The van der Waals surface area contributed by atoms with Gasteiger partial charge in [0.2, 0.25) is 5.88 Å². The van der Waals surface area contributed by atoms with Crippen LogP contribution in [-0.2, 0) is 16.0 Å². The lowest BCUT2D eigenvalue weighted by Gasteiger charge is -2.12.